The first-order valence-electron chi connectivity index (χ1n) is 6.71. The van der Waals surface area contributed by atoms with Gasteiger partial charge in [-0.25, -0.2) is 4.39 Å². The summed E-state index contributed by atoms with van der Waals surface area (Å²) < 4.78 is 26.4. The van der Waals surface area contributed by atoms with Crippen LogP contribution in [-0.2, 0) is 9.31 Å². The van der Waals surface area contributed by atoms with E-state index in [1.807, 2.05) is 33.8 Å². The smallest absolute Gasteiger partial charge is 0.399 e. The summed E-state index contributed by atoms with van der Waals surface area (Å²) in [4.78, 5) is 4.28. The average Bonchev–Trinajstić information content (AvgIpc) is 2.59. The molecule has 0 spiro atoms. The fourth-order valence-electron chi connectivity index (χ4n) is 2.26. The van der Waals surface area contributed by atoms with Crippen LogP contribution in [0.3, 0.4) is 0 Å². The Balaban J connectivity index is 2.06. The molecule has 1 saturated heterocycles. The lowest BCUT2D eigenvalue weighted by molar-refractivity contribution is 0.00578. The van der Waals surface area contributed by atoms with E-state index in [0.29, 0.717) is 16.4 Å². The minimum Gasteiger partial charge on any atom is -0.399 e. The number of rotatable bonds is 1. The van der Waals surface area contributed by atoms with Gasteiger partial charge in [-0.3, -0.25) is 4.98 Å². The van der Waals surface area contributed by atoms with Gasteiger partial charge in [-0.1, -0.05) is 12.1 Å². The van der Waals surface area contributed by atoms with E-state index in [0.717, 1.165) is 0 Å². The molecule has 1 aliphatic heterocycles. The van der Waals surface area contributed by atoms with Gasteiger partial charge in [-0.2, -0.15) is 0 Å². The van der Waals surface area contributed by atoms with Gasteiger partial charge < -0.3 is 9.31 Å². The molecule has 0 unspecified atom stereocenters. The molecule has 1 fully saturated rings. The van der Waals surface area contributed by atoms with E-state index in [-0.39, 0.29) is 5.82 Å². The maximum Gasteiger partial charge on any atom is 0.499 e. The maximum absolute atomic E-state index is 14.6. The number of benzene rings is 1. The Bertz CT molecular complexity index is 656. The van der Waals surface area contributed by atoms with E-state index < -0.39 is 18.3 Å². The highest BCUT2D eigenvalue weighted by atomic mass is 19.1. The molecular weight excluding hydrogens is 256 g/mol. The summed E-state index contributed by atoms with van der Waals surface area (Å²) in [7, 11) is -0.725. The van der Waals surface area contributed by atoms with Crippen LogP contribution >= 0.6 is 0 Å². The zero-order chi connectivity index (χ0) is 14.5. The van der Waals surface area contributed by atoms with Crippen molar-refractivity contribution in [1.29, 1.82) is 0 Å². The van der Waals surface area contributed by atoms with Gasteiger partial charge in [-0.15, -0.1) is 0 Å². The molecule has 0 bridgehead atoms. The molecule has 0 atom stereocenters. The summed E-state index contributed by atoms with van der Waals surface area (Å²) in [6.07, 6.45) is 1.50. The van der Waals surface area contributed by atoms with Gasteiger partial charge in [-0.05, 0) is 39.8 Å². The maximum atomic E-state index is 14.6. The molecule has 20 heavy (non-hydrogen) atoms. The highest BCUT2D eigenvalue weighted by Crippen LogP contribution is 2.36. The first kappa shape index (κ1) is 13.5. The van der Waals surface area contributed by atoms with Gasteiger partial charge in [0.25, 0.3) is 0 Å². The number of nitrogens with zero attached hydrogens (tertiary/aromatic N) is 1. The Morgan fingerprint density at radius 3 is 2.30 bits per heavy atom. The zero-order valence-corrected chi connectivity index (χ0v) is 12.1. The summed E-state index contributed by atoms with van der Waals surface area (Å²) in [5.74, 6) is -0.325. The minimum atomic E-state index is -0.725. The van der Waals surface area contributed by atoms with Crippen LogP contribution in [0.1, 0.15) is 27.7 Å². The number of fused-ring (bicyclic) bond motifs is 1. The van der Waals surface area contributed by atoms with E-state index in [2.05, 4.69) is 4.98 Å². The van der Waals surface area contributed by atoms with Crippen molar-refractivity contribution in [3.63, 3.8) is 0 Å². The summed E-state index contributed by atoms with van der Waals surface area (Å²) >= 11 is 0. The van der Waals surface area contributed by atoms with Crippen molar-refractivity contribution >= 4 is 23.5 Å². The van der Waals surface area contributed by atoms with Crippen LogP contribution in [0.15, 0.2) is 30.5 Å². The van der Waals surface area contributed by atoms with Crippen LogP contribution in [0.5, 0.6) is 0 Å². The average molecular weight is 273 g/mol. The quantitative estimate of drug-likeness (QED) is 0.748. The Labute approximate surface area is 118 Å². The molecule has 2 aromatic rings. The molecule has 0 aliphatic carbocycles. The molecular formula is C15H17BFNO2. The second-order valence-electron chi connectivity index (χ2n) is 6.13. The molecule has 0 amide bonds. The highest BCUT2D eigenvalue weighted by Gasteiger charge is 2.52. The van der Waals surface area contributed by atoms with Crippen molar-refractivity contribution in [3.8, 4) is 0 Å². The lowest BCUT2D eigenvalue weighted by Gasteiger charge is -2.32. The molecule has 1 aromatic heterocycles. The fraction of sp³-hybridized carbons (Fsp3) is 0.400. The van der Waals surface area contributed by atoms with Crippen molar-refractivity contribution in [2.24, 2.45) is 0 Å². The number of halogens is 1. The van der Waals surface area contributed by atoms with Crippen molar-refractivity contribution < 1.29 is 13.7 Å². The Kier molecular flexibility index (Phi) is 2.89. The largest absolute Gasteiger partial charge is 0.499 e. The van der Waals surface area contributed by atoms with Gasteiger partial charge >= 0.3 is 7.12 Å². The lowest BCUT2D eigenvalue weighted by atomic mass is 9.79. The minimum absolute atomic E-state index is 0.325. The van der Waals surface area contributed by atoms with E-state index in [4.69, 9.17) is 9.31 Å². The van der Waals surface area contributed by atoms with Crippen LogP contribution in [0, 0.1) is 5.82 Å². The van der Waals surface area contributed by atoms with E-state index in [9.17, 15) is 4.39 Å². The van der Waals surface area contributed by atoms with E-state index in [1.165, 1.54) is 6.20 Å². The number of para-hydroxylation sites is 1. The summed E-state index contributed by atoms with van der Waals surface area (Å²) in [6.45, 7) is 7.78. The number of pyridine rings is 1. The second-order valence-corrected chi connectivity index (χ2v) is 6.13. The van der Waals surface area contributed by atoms with Crippen LogP contribution in [0.25, 0.3) is 10.9 Å². The fourth-order valence-corrected chi connectivity index (χ4v) is 2.26. The third-order valence-corrected chi connectivity index (χ3v) is 4.24. The Hall–Kier alpha value is -1.46. The van der Waals surface area contributed by atoms with Gasteiger partial charge in [0, 0.05) is 17.0 Å². The van der Waals surface area contributed by atoms with Gasteiger partial charge in [0.1, 0.15) is 5.82 Å². The molecule has 3 nitrogen and oxygen atoms in total. The molecule has 5 heteroatoms. The van der Waals surface area contributed by atoms with Crippen molar-refractivity contribution in [3.05, 3.63) is 36.3 Å². The first-order valence-corrected chi connectivity index (χ1v) is 6.71. The highest BCUT2D eigenvalue weighted by molar-refractivity contribution is 6.62. The van der Waals surface area contributed by atoms with Crippen LogP contribution in [0.4, 0.5) is 4.39 Å². The van der Waals surface area contributed by atoms with Crippen molar-refractivity contribution in [1.82, 2.24) is 4.98 Å². The monoisotopic (exact) mass is 273 g/mol. The predicted molar refractivity (Wildman–Crippen MR) is 77.4 cm³/mol. The predicted octanol–water partition coefficient (Wildman–Crippen LogP) is 2.67. The number of aromatic nitrogens is 1. The molecule has 0 saturated carbocycles. The molecule has 0 N–H and O–H groups in total. The summed E-state index contributed by atoms with van der Waals surface area (Å²) in [5, 5.41) is 0.486. The molecule has 3 rings (SSSR count). The van der Waals surface area contributed by atoms with Crippen LogP contribution in [-0.4, -0.2) is 23.3 Å². The van der Waals surface area contributed by atoms with Gasteiger partial charge in [0.05, 0.1) is 16.7 Å². The molecule has 104 valence electrons. The topological polar surface area (TPSA) is 31.4 Å². The zero-order valence-electron chi connectivity index (χ0n) is 12.1. The first-order chi connectivity index (χ1) is 9.32. The van der Waals surface area contributed by atoms with E-state index >= 15 is 0 Å². The standard InChI is InChI=1S/C15H17BFNO2/c1-14(2)15(3,4)20-16(19-14)11-9-18-12-8-6-5-7-10(12)13(11)17/h5-9H,1-4H3. The van der Waals surface area contributed by atoms with Crippen LogP contribution < -0.4 is 5.46 Å². The summed E-state index contributed by atoms with van der Waals surface area (Å²) in [5.41, 5.74) is -0.00138. The number of hydrogen-bond acceptors (Lipinski definition) is 3. The Morgan fingerprint density at radius 1 is 1.05 bits per heavy atom. The third-order valence-electron chi connectivity index (χ3n) is 4.24. The molecule has 1 aromatic carbocycles. The van der Waals surface area contributed by atoms with E-state index in [1.54, 1.807) is 18.2 Å². The SMILES string of the molecule is CC1(C)OB(c2cnc3ccccc3c2F)OC1(C)C. The van der Waals surface area contributed by atoms with Gasteiger partial charge in [0.15, 0.2) is 0 Å². The second kappa shape index (κ2) is 4.27. The molecule has 2 heterocycles. The third kappa shape index (κ3) is 1.93. The lowest BCUT2D eigenvalue weighted by Crippen LogP contribution is -2.41. The van der Waals surface area contributed by atoms with Gasteiger partial charge in [0.2, 0.25) is 0 Å². The Morgan fingerprint density at radius 2 is 1.65 bits per heavy atom. The van der Waals surface area contributed by atoms with Crippen molar-refractivity contribution in [2.45, 2.75) is 38.9 Å². The normalized spacial score (nSPS) is 20.6. The summed E-state index contributed by atoms with van der Waals surface area (Å²) in [6, 6.07) is 7.13. The number of hydrogen-bond donors (Lipinski definition) is 0. The van der Waals surface area contributed by atoms with Crippen LogP contribution in [0.2, 0.25) is 0 Å². The molecule has 0 radical (unpaired) electrons. The molecule has 1 aliphatic rings. The van der Waals surface area contributed by atoms with Crippen molar-refractivity contribution in [2.75, 3.05) is 0 Å².